The molecule has 0 aromatic heterocycles. The molecular weight excluding hydrogens is 202 g/mol. The van der Waals surface area contributed by atoms with E-state index < -0.39 is 0 Å². The van der Waals surface area contributed by atoms with E-state index in [1.165, 1.54) is 0 Å². The number of morpholine rings is 1. The highest BCUT2D eigenvalue weighted by Crippen LogP contribution is 1.94. The largest absolute Gasteiger partial charge is 0.379 e. The minimum Gasteiger partial charge on any atom is -0.379 e. The van der Waals surface area contributed by atoms with Gasteiger partial charge in [0, 0.05) is 39.3 Å². The van der Waals surface area contributed by atoms with E-state index >= 15 is 0 Å². The molecule has 0 unspecified atom stereocenters. The summed E-state index contributed by atoms with van der Waals surface area (Å²) in [6.07, 6.45) is 0. The molecule has 0 amide bonds. The van der Waals surface area contributed by atoms with E-state index in [4.69, 9.17) is 4.74 Å². The zero-order chi connectivity index (χ0) is 11.6. The van der Waals surface area contributed by atoms with E-state index in [9.17, 15) is 0 Å². The Morgan fingerprint density at radius 1 is 1.12 bits per heavy atom. The maximum Gasteiger partial charge on any atom is 0.0594 e. The second-order valence-corrected chi connectivity index (χ2v) is 4.23. The Morgan fingerprint density at radius 3 is 2.44 bits per heavy atom. The number of hydrogen-bond donors (Lipinski definition) is 1. The van der Waals surface area contributed by atoms with Crippen LogP contribution in [-0.2, 0) is 4.74 Å². The summed E-state index contributed by atoms with van der Waals surface area (Å²) in [5, 5.41) is 3.51. The summed E-state index contributed by atoms with van der Waals surface area (Å²) in [6.45, 7) is 15.3. The molecule has 0 atom stereocenters. The summed E-state index contributed by atoms with van der Waals surface area (Å²) < 4.78 is 5.32. The predicted octanol–water partition coefficient (Wildman–Crippen LogP) is 0.250. The third-order valence-electron chi connectivity index (χ3n) is 3.21. The van der Waals surface area contributed by atoms with Gasteiger partial charge in [0.25, 0.3) is 0 Å². The Balaban J connectivity index is 1.90. The van der Waals surface area contributed by atoms with Crippen molar-refractivity contribution in [3.8, 4) is 0 Å². The Labute approximate surface area is 99.9 Å². The average molecular weight is 229 g/mol. The van der Waals surface area contributed by atoms with Crippen LogP contribution < -0.4 is 5.32 Å². The van der Waals surface area contributed by atoms with Crippen molar-refractivity contribution in [2.45, 2.75) is 13.8 Å². The van der Waals surface area contributed by atoms with Gasteiger partial charge in [-0.2, -0.15) is 0 Å². The molecule has 1 fully saturated rings. The number of likely N-dealkylation sites (N-methyl/N-ethyl adjacent to an activating group) is 1. The van der Waals surface area contributed by atoms with Gasteiger partial charge in [0.1, 0.15) is 0 Å². The normalized spacial score (nSPS) is 18.2. The molecule has 0 bridgehead atoms. The molecule has 0 saturated carbocycles. The molecule has 1 N–H and O–H groups in total. The van der Waals surface area contributed by atoms with Crippen LogP contribution >= 0.6 is 0 Å². The van der Waals surface area contributed by atoms with E-state index in [1.54, 1.807) is 0 Å². The third-order valence-corrected chi connectivity index (χ3v) is 3.21. The van der Waals surface area contributed by atoms with Crippen molar-refractivity contribution in [1.29, 1.82) is 0 Å². The Bertz CT molecular complexity index is 156. The van der Waals surface area contributed by atoms with Gasteiger partial charge in [-0.05, 0) is 13.1 Å². The topological polar surface area (TPSA) is 27.7 Å². The highest BCUT2D eigenvalue weighted by atomic mass is 16.5. The molecule has 0 spiro atoms. The van der Waals surface area contributed by atoms with Crippen LogP contribution in [0.1, 0.15) is 13.8 Å². The number of ether oxygens (including phenoxy) is 1. The van der Waals surface area contributed by atoms with Crippen LogP contribution in [0.25, 0.3) is 0 Å². The first kappa shape index (κ1) is 13.9. The van der Waals surface area contributed by atoms with Crippen LogP contribution in [0.15, 0.2) is 0 Å². The number of nitrogens with one attached hydrogen (secondary N) is 1. The van der Waals surface area contributed by atoms with Gasteiger partial charge in [-0.15, -0.1) is 0 Å². The van der Waals surface area contributed by atoms with Gasteiger partial charge in [-0.25, -0.2) is 0 Å². The Kier molecular flexibility index (Phi) is 7.76. The Morgan fingerprint density at radius 2 is 1.81 bits per heavy atom. The lowest BCUT2D eigenvalue weighted by Crippen LogP contribution is -2.41. The van der Waals surface area contributed by atoms with Crippen LogP contribution in [0.2, 0.25) is 0 Å². The molecule has 0 aromatic carbocycles. The molecule has 1 rings (SSSR count). The number of nitrogens with zero attached hydrogens (tertiary/aromatic N) is 2. The van der Waals surface area contributed by atoms with E-state index in [0.29, 0.717) is 0 Å². The van der Waals surface area contributed by atoms with Crippen LogP contribution in [0.5, 0.6) is 0 Å². The van der Waals surface area contributed by atoms with E-state index in [0.717, 1.165) is 65.6 Å². The molecule has 96 valence electrons. The van der Waals surface area contributed by atoms with Crippen LogP contribution in [-0.4, -0.2) is 75.4 Å². The van der Waals surface area contributed by atoms with Gasteiger partial charge >= 0.3 is 0 Å². The lowest BCUT2D eigenvalue weighted by Gasteiger charge is -2.26. The van der Waals surface area contributed by atoms with Gasteiger partial charge in [-0.1, -0.05) is 13.8 Å². The van der Waals surface area contributed by atoms with Crippen molar-refractivity contribution in [3.05, 3.63) is 0 Å². The van der Waals surface area contributed by atoms with Crippen molar-refractivity contribution in [2.24, 2.45) is 0 Å². The summed E-state index contributed by atoms with van der Waals surface area (Å²) >= 11 is 0. The third kappa shape index (κ3) is 5.80. The zero-order valence-electron chi connectivity index (χ0n) is 10.9. The Hall–Kier alpha value is -0.160. The van der Waals surface area contributed by atoms with Gasteiger partial charge in [-0.3, -0.25) is 4.90 Å². The first-order chi connectivity index (χ1) is 7.86. The first-order valence-electron chi connectivity index (χ1n) is 6.60. The van der Waals surface area contributed by atoms with E-state index in [1.807, 2.05) is 0 Å². The van der Waals surface area contributed by atoms with Crippen LogP contribution in [0, 0.1) is 0 Å². The monoisotopic (exact) mass is 229 g/mol. The second kappa shape index (κ2) is 8.93. The summed E-state index contributed by atoms with van der Waals surface area (Å²) in [6, 6.07) is 0. The average Bonchev–Trinajstić information content (AvgIpc) is 2.35. The lowest BCUT2D eigenvalue weighted by atomic mass is 10.4. The highest BCUT2D eigenvalue weighted by molar-refractivity contribution is 4.63. The minimum atomic E-state index is 0.902. The molecule has 1 aliphatic rings. The molecule has 4 nitrogen and oxygen atoms in total. The van der Waals surface area contributed by atoms with Crippen molar-refractivity contribution < 1.29 is 4.74 Å². The lowest BCUT2D eigenvalue weighted by molar-refractivity contribution is 0.0384. The van der Waals surface area contributed by atoms with Crippen LogP contribution in [0.4, 0.5) is 0 Å². The standard InChI is InChI=1S/C12H27N3O/c1-3-14(4-2)7-5-13-6-8-15-9-11-16-12-10-15/h13H,3-12H2,1-2H3. The molecule has 16 heavy (non-hydrogen) atoms. The van der Waals surface area contributed by atoms with Crippen molar-refractivity contribution >= 4 is 0 Å². The summed E-state index contributed by atoms with van der Waals surface area (Å²) in [5.41, 5.74) is 0. The SMILES string of the molecule is CCN(CC)CCNCCN1CCOCC1. The summed E-state index contributed by atoms with van der Waals surface area (Å²) in [7, 11) is 0. The molecule has 1 saturated heterocycles. The van der Waals surface area contributed by atoms with Gasteiger partial charge in [0.2, 0.25) is 0 Å². The van der Waals surface area contributed by atoms with Gasteiger partial charge < -0.3 is 15.0 Å². The molecular formula is C12H27N3O. The molecule has 0 aromatic rings. The van der Waals surface area contributed by atoms with Crippen molar-refractivity contribution in [1.82, 2.24) is 15.1 Å². The zero-order valence-corrected chi connectivity index (χ0v) is 10.9. The summed E-state index contributed by atoms with van der Waals surface area (Å²) in [5.74, 6) is 0. The molecule has 4 heteroatoms. The smallest absolute Gasteiger partial charge is 0.0594 e. The fraction of sp³-hybridized carbons (Fsp3) is 1.00. The second-order valence-electron chi connectivity index (χ2n) is 4.23. The first-order valence-corrected chi connectivity index (χ1v) is 6.60. The van der Waals surface area contributed by atoms with Gasteiger partial charge in [0.15, 0.2) is 0 Å². The predicted molar refractivity (Wildman–Crippen MR) is 67.9 cm³/mol. The number of rotatable bonds is 8. The number of hydrogen-bond acceptors (Lipinski definition) is 4. The van der Waals surface area contributed by atoms with E-state index in [-0.39, 0.29) is 0 Å². The molecule has 0 radical (unpaired) electrons. The van der Waals surface area contributed by atoms with Crippen molar-refractivity contribution in [2.75, 3.05) is 65.6 Å². The molecule has 1 heterocycles. The maximum absolute atomic E-state index is 5.32. The fourth-order valence-corrected chi connectivity index (χ4v) is 1.96. The summed E-state index contributed by atoms with van der Waals surface area (Å²) in [4.78, 5) is 4.91. The highest BCUT2D eigenvalue weighted by Gasteiger charge is 2.08. The molecule has 1 aliphatic heterocycles. The quantitative estimate of drug-likeness (QED) is 0.604. The van der Waals surface area contributed by atoms with Gasteiger partial charge in [0.05, 0.1) is 13.2 Å². The van der Waals surface area contributed by atoms with E-state index in [2.05, 4.69) is 29.0 Å². The fourth-order valence-electron chi connectivity index (χ4n) is 1.96. The van der Waals surface area contributed by atoms with Crippen LogP contribution in [0.3, 0.4) is 0 Å². The van der Waals surface area contributed by atoms with Crippen molar-refractivity contribution in [3.63, 3.8) is 0 Å². The molecule has 0 aliphatic carbocycles. The minimum absolute atomic E-state index is 0.902. The maximum atomic E-state index is 5.32.